The van der Waals surface area contributed by atoms with E-state index in [9.17, 15) is 4.79 Å². The first kappa shape index (κ1) is 8.04. The first-order valence-electron chi connectivity index (χ1n) is 4.25. The third-order valence-electron chi connectivity index (χ3n) is 2.00. The number of pyridine rings is 1. The van der Waals surface area contributed by atoms with Crippen LogP contribution in [0.1, 0.15) is 19.9 Å². The first-order chi connectivity index (χ1) is 6.20. The maximum absolute atomic E-state index is 11.3. The number of H-pyrrole nitrogens is 1. The number of aromatic amines is 1. The molecule has 2 aromatic rings. The standard InChI is InChI=1S/C9H11N3O/c1-6(2)12-9-7(5-11-12)8(13)3-4-10-9/h3-6H,1-2H3,(H,10,13). The van der Waals surface area contributed by atoms with Gasteiger partial charge in [0.15, 0.2) is 5.43 Å². The molecule has 2 heterocycles. The van der Waals surface area contributed by atoms with Crippen LogP contribution in [0.15, 0.2) is 23.3 Å². The smallest absolute Gasteiger partial charge is 0.192 e. The summed E-state index contributed by atoms with van der Waals surface area (Å²) in [6.45, 7) is 4.05. The third-order valence-corrected chi connectivity index (χ3v) is 2.00. The van der Waals surface area contributed by atoms with Crippen molar-refractivity contribution in [3.8, 4) is 0 Å². The van der Waals surface area contributed by atoms with Crippen molar-refractivity contribution >= 4 is 11.0 Å². The number of hydrogen-bond donors (Lipinski definition) is 1. The molecule has 4 heteroatoms. The summed E-state index contributed by atoms with van der Waals surface area (Å²) >= 11 is 0. The average Bonchev–Trinajstić information content (AvgIpc) is 2.48. The molecule has 2 rings (SSSR count). The van der Waals surface area contributed by atoms with Gasteiger partial charge in [-0.1, -0.05) is 0 Å². The predicted molar refractivity (Wildman–Crippen MR) is 50.7 cm³/mol. The van der Waals surface area contributed by atoms with Crippen LogP contribution in [0.25, 0.3) is 11.0 Å². The maximum atomic E-state index is 11.3. The van der Waals surface area contributed by atoms with E-state index in [1.807, 2.05) is 13.8 Å². The van der Waals surface area contributed by atoms with E-state index in [-0.39, 0.29) is 11.5 Å². The fraction of sp³-hybridized carbons (Fsp3) is 0.333. The summed E-state index contributed by atoms with van der Waals surface area (Å²) in [4.78, 5) is 14.4. The molecule has 0 radical (unpaired) electrons. The Morgan fingerprint density at radius 2 is 2.31 bits per heavy atom. The maximum Gasteiger partial charge on any atom is 0.192 e. The fourth-order valence-corrected chi connectivity index (χ4v) is 1.36. The molecular formula is C9H11N3O. The Kier molecular flexibility index (Phi) is 1.69. The second-order valence-electron chi connectivity index (χ2n) is 3.29. The van der Waals surface area contributed by atoms with Gasteiger partial charge in [-0.2, -0.15) is 5.10 Å². The minimum atomic E-state index is 0.0145. The highest BCUT2D eigenvalue weighted by Crippen LogP contribution is 2.10. The molecule has 0 aliphatic heterocycles. The van der Waals surface area contributed by atoms with E-state index in [0.29, 0.717) is 5.39 Å². The Bertz CT molecular complexity index is 481. The summed E-state index contributed by atoms with van der Waals surface area (Å²) in [5.74, 6) is 0. The van der Waals surface area contributed by atoms with Gasteiger partial charge in [0.2, 0.25) is 0 Å². The van der Waals surface area contributed by atoms with Crippen molar-refractivity contribution in [3.63, 3.8) is 0 Å². The number of nitrogens with one attached hydrogen (secondary N) is 1. The van der Waals surface area contributed by atoms with Gasteiger partial charge in [0.1, 0.15) is 5.65 Å². The first-order valence-corrected chi connectivity index (χ1v) is 4.25. The molecule has 0 aliphatic rings. The van der Waals surface area contributed by atoms with E-state index in [0.717, 1.165) is 5.65 Å². The Morgan fingerprint density at radius 1 is 1.54 bits per heavy atom. The van der Waals surface area contributed by atoms with Crippen LogP contribution in [0.2, 0.25) is 0 Å². The van der Waals surface area contributed by atoms with Crippen LogP contribution in [-0.2, 0) is 0 Å². The van der Waals surface area contributed by atoms with Gasteiger partial charge >= 0.3 is 0 Å². The molecule has 0 fully saturated rings. The summed E-state index contributed by atoms with van der Waals surface area (Å²) < 4.78 is 1.80. The molecule has 0 aromatic carbocycles. The fourth-order valence-electron chi connectivity index (χ4n) is 1.36. The molecule has 2 aromatic heterocycles. The monoisotopic (exact) mass is 177 g/mol. The van der Waals surface area contributed by atoms with Crippen molar-refractivity contribution in [2.75, 3.05) is 0 Å². The van der Waals surface area contributed by atoms with Gasteiger partial charge in [-0.15, -0.1) is 0 Å². The van der Waals surface area contributed by atoms with Crippen molar-refractivity contribution in [1.29, 1.82) is 0 Å². The van der Waals surface area contributed by atoms with E-state index in [1.165, 1.54) is 6.07 Å². The Morgan fingerprint density at radius 3 is 3.00 bits per heavy atom. The molecule has 68 valence electrons. The zero-order valence-electron chi connectivity index (χ0n) is 7.61. The van der Waals surface area contributed by atoms with Crippen LogP contribution >= 0.6 is 0 Å². The SMILES string of the molecule is CC(C)n1ncc2c(=O)cc[nH]c21. The largest absolute Gasteiger partial charge is 0.346 e. The van der Waals surface area contributed by atoms with Gasteiger partial charge in [-0.25, -0.2) is 4.68 Å². The highest BCUT2D eigenvalue weighted by Gasteiger charge is 2.06. The zero-order chi connectivity index (χ0) is 9.42. The van der Waals surface area contributed by atoms with Gasteiger partial charge < -0.3 is 4.98 Å². The summed E-state index contributed by atoms with van der Waals surface area (Å²) in [5, 5.41) is 4.79. The highest BCUT2D eigenvalue weighted by atomic mass is 16.1. The lowest BCUT2D eigenvalue weighted by Crippen LogP contribution is -2.05. The van der Waals surface area contributed by atoms with Gasteiger partial charge in [0.25, 0.3) is 0 Å². The molecule has 0 spiro atoms. The second-order valence-corrected chi connectivity index (χ2v) is 3.29. The van der Waals surface area contributed by atoms with Crippen LogP contribution in [0.4, 0.5) is 0 Å². The minimum absolute atomic E-state index is 0.0145. The summed E-state index contributed by atoms with van der Waals surface area (Å²) in [5.41, 5.74) is 0.808. The van der Waals surface area contributed by atoms with E-state index in [2.05, 4.69) is 10.1 Å². The molecule has 0 amide bonds. The molecule has 0 saturated carbocycles. The summed E-state index contributed by atoms with van der Waals surface area (Å²) in [6, 6.07) is 1.77. The number of aromatic nitrogens is 3. The predicted octanol–water partition coefficient (Wildman–Crippen LogP) is 1.31. The Labute approximate surface area is 75.2 Å². The van der Waals surface area contributed by atoms with Crippen LogP contribution in [-0.4, -0.2) is 14.8 Å². The van der Waals surface area contributed by atoms with Crippen molar-refractivity contribution < 1.29 is 0 Å². The normalized spacial score (nSPS) is 11.3. The molecule has 4 nitrogen and oxygen atoms in total. The lowest BCUT2D eigenvalue weighted by Gasteiger charge is -2.05. The van der Waals surface area contributed by atoms with Gasteiger partial charge in [-0.05, 0) is 13.8 Å². The molecule has 0 aliphatic carbocycles. The zero-order valence-corrected chi connectivity index (χ0v) is 7.61. The lowest BCUT2D eigenvalue weighted by molar-refractivity contribution is 0.546. The third kappa shape index (κ3) is 1.14. The average molecular weight is 177 g/mol. The van der Waals surface area contributed by atoms with Crippen LogP contribution in [0, 0.1) is 0 Å². The quantitative estimate of drug-likeness (QED) is 0.713. The second kappa shape index (κ2) is 2.73. The van der Waals surface area contributed by atoms with E-state index in [4.69, 9.17) is 0 Å². The van der Waals surface area contributed by atoms with E-state index >= 15 is 0 Å². The number of hydrogen-bond acceptors (Lipinski definition) is 2. The van der Waals surface area contributed by atoms with Crippen molar-refractivity contribution in [1.82, 2.24) is 14.8 Å². The number of rotatable bonds is 1. The van der Waals surface area contributed by atoms with Crippen LogP contribution < -0.4 is 5.43 Å². The molecular weight excluding hydrogens is 166 g/mol. The van der Waals surface area contributed by atoms with Crippen LogP contribution in [0.3, 0.4) is 0 Å². The van der Waals surface area contributed by atoms with Crippen molar-refractivity contribution in [2.24, 2.45) is 0 Å². The highest BCUT2D eigenvalue weighted by molar-refractivity contribution is 5.73. The molecule has 0 atom stereocenters. The van der Waals surface area contributed by atoms with E-state index in [1.54, 1.807) is 17.1 Å². The van der Waals surface area contributed by atoms with E-state index < -0.39 is 0 Å². The molecule has 13 heavy (non-hydrogen) atoms. The molecule has 0 saturated heterocycles. The molecule has 1 N–H and O–H groups in total. The number of fused-ring (bicyclic) bond motifs is 1. The van der Waals surface area contributed by atoms with Gasteiger partial charge in [0.05, 0.1) is 11.6 Å². The van der Waals surface area contributed by atoms with Crippen molar-refractivity contribution in [3.05, 3.63) is 28.7 Å². The summed E-state index contributed by atoms with van der Waals surface area (Å²) in [7, 11) is 0. The van der Waals surface area contributed by atoms with Gasteiger partial charge in [0, 0.05) is 18.3 Å². The minimum Gasteiger partial charge on any atom is -0.346 e. The van der Waals surface area contributed by atoms with Gasteiger partial charge in [-0.3, -0.25) is 4.79 Å². The lowest BCUT2D eigenvalue weighted by atomic mass is 10.3. The number of nitrogens with zero attached hydrogens (tertiary/aromatic N) is 2. The Hall–Kier alpha value is -1.58. The molecule has 0 unspecified atom stereocenters. The van der Waals surface area contributed by atoms with Crippen LogP contribution in [0.5, 0.6) is 0 Å². The molecule has 0 bridgehead atoms. The summed E-state index contributed by atoms with van der Waals surface area (Å²) in [6.07, 6.45) is 3.25. The Balaban J connectivity index is 2.83. The van der Waals surface area contributed by atoms with Crippen molar-refractivity contribution in [2.45, 2.75) is 19.9 Å². The topological polar surface area (TPSA) is 50.7 Å².